The first kappa shape index (κ1) is 14.0. The molecule has 96 valence electrons. The summed E-state index contributed by atoms with van der Waals surface area (Å²) in [6, 6.07) is 11.9. The van der Waals surface area contributed by atoms with E-state index in [1.54, 1.807) is 0 Å². The zero-order chi connectivity index (χ0) is 13.0. The Kier molecular flexibility index (Phi) is 5.21. The van der Waals surface area contributed by atoms with Crippen LogP contribution in [0.1, 0.15) is 16.5 Å². The number of nitrogens with one attached hydrogen (secondary N) is 1. The maximum atomic E-state index is 9.42. The summed E-state index contributed by atoms with van der Waals surface area (Å²) in [7, 11) is 0. The molecule has 0 amide bonds. The highest BCUT2D eigenvalue weighted by molar-refractivity contribution is 9.10. The highest BCUT2D eigenvalue weighted by Gasteiger charge is 2.10. The van der Waals surface area contributed by atoms with Gasteiger partial charge in [-0.3, -0.25) is 0 Å². The second-order valence-electron chi connectivity index (χ2n) is 3.86. The summed E-state index contributed by atoms with van der Waals surface area (Å²) in [5.41, 5.74) is 1.08. The van der Waals surface area contributed by atoms with Gasteiger partial charge in [-0.15, -0.1) is 11.3 Å². The van der Waals surface area contributed by atoms with Crippen molar-refractivity contribution in [2.45, 2.75) is 12.6 Å². The number of benzene rings is 1. The van der Waals surface area contributed by atoms with Gasteiger partial charge >= 0.3 is 0 Å². The standard InChI is InChI=1S/C13H13BrClNOS/c14-11-6-10(18-13(11)15)7-16-12(8-17)9-4-2-1-3-5-9/h1-6,12,16-17H,7-8H2. The zero-order valence-electron chi connectivity index (χ0n) is 9.57. The first-order valence-electron chi connectivity index (χ1n) is 5.53. The number of hydrogen-bond acceptors (Lipinski definition) is 3. The number of aliphatic hydroxyl groups is 1. The van der Waals surface area contributed by atoms with Gasteiger partial charge in [0.2, 0.25) is 0 Å². The summed E-state index contributed by atoms with van der Waals surface area (Å²) >= 11 is 10.9. The van der Waals surface area contributed by atoms with Crippen LogP contribution >= 0.6 is 38.9 Å². The van der Waals surface area contributed by atoms with Gasteiger partial charge in [0.1, 0.15) is 4.34 Å². The Morgan fingerprint density at radius 1 is 1.33 bits per heavy atom. The Morgan fingerprint density at radius 3 is 2.61 bits per heavy atom. The van der Waals surface area contributed by atoms with Gasteiger partial charge in [0.25, 0.3) is 0 Å². The van der Waals surface area contributed by atoms with E-state index in [4.69, 9.17) is 11.6 Å². The van der Waals surface area contributed by atoms with Gasteiger partial charge in [0, 0.05) is 15.9 Å². The van der Waals surface area contributed by atoms with E-state index in [9.17, 15) is 5.11 Å². The molecule has 1 aromatic carbocycles. The third-order valence-electron chi connectivity index (χ3n) is 2.60. The molecule has 2 N–H and O–H groups in total. The average Bonchev–Trinajstić information content (AvgIpc) is 2.71. The fourth-order valence-corrected chi connectivity index (χ4v) is 3.42. The molecule has 1 aromatic heterocycles. The number of aliphatic hydroxyl groups excluding tert-OH is 1. The average molecular weight is 347 g/mol. The SMILES string of the molecule is OCC(NCc1cc(Br)c(Cl)s1)c1ccccc1. The Balaban J connectivity index is 1.99. The lowest BCUT2D eigenvalue weighted by Gasteiger charge is -2.15. The molecule has 0 fully saturated rings. The predicted molar refractivity (Wildman–Crippen MR) is 80.1 cm³/mol. The van der Waals surface area contributed by atoms with Crippen molar-refractivity contribution in [2.75, 3.05) is 6.61 Å². The molecular formula is C13H13BrClNOS. The van der Waals surface area contributed by atoms with Crippen molar-refractivity contribution in [1.29, 1.82) is 0 Å². The van der Waals surface area contributed by atoms with Gasteiger partial charge in [0.15, 0.2) is 0 Å². The molecule has 1 unspecified atom stereocenters. The molecule has 1 atom stereocenters. The summed E-state index contributed by atoms with van der Waals surface area (Å²) < 4.78 is 1.68. The van der Waals surface area contributed by atoms with Gasteiger partial charge < -0.3 is 10.4 Å². The maximum absolute atomic E-state index is 9.42. The highest BCUT2D eigenvalue weighted by atomic mass is 79.9. The van der Waals surface area contributed by atoms with Crippen LogP contribution in [0.15, 0.2) is 40.9 Å². The highest BCUT2D eigenvalue weighted by Crippen LogP contribution is 2.32. The minimum atomic E-state index is -0.0501. The fourth-order valence-electron chi connectivity index (χ4n) is 1.68. The van der Waals surface area contributed by atoms with Crippen molar-refractivity contribution in [2.24, 2.45) is 0 Å². The van der Waals surface area contributed by atoms with Crippen LogP contribution in [0, 0.1) is 0 Å². The molecule has 0 radical (unpaired) electrons. The molecule has 0 saturated carbocycles. The lowest BCUT2D eigenvalue weighted by Crippen LogP contribution is -2.23. The summed E-state index contributed by atoms with van der Waals surface area (Å²) in [5.74, 6) is 0. The van der Waals surface area contributed by atoms with Crippen molar-refractivity contribution >= 4 is 38.9 Å². The monoisotopic (exact) mass is 345 g/mol. The molecule has 18 heavy (non-hydrogen) atoms. The number of rotatable bonds is 5. The molecule has 0 saturated heterocycles. The van der Waals surface area contributed by atoms with E-state index in [1.807, 2.05) is 36.4 Å². The Morgan fingerprint density at radius 2 is 2.06 bits per heavy atom. The van der Waals surface area contributed by atoms with Crippen LogP contribution in [0.3, 0.4) is 0 Å². The predicted octanol–water partition coefficient (Wildman–Crippen LogP) is 3.99. The quantitative estimate of drug-likeness (QED) is 0.858. The van der Waals surface area contributed by atoms with Crippen LogP contribution < -0.4 is 5.32 Å². The van der Waals surface area contributed by atoms with Crippen molar-refractivity contribution in [3.8, 4) is 0 Å². The second kappa shape index (κ2) is 6.68. The van der Waals surface area contributed by atoms with E-state index in [0.717, 1.165) is 19.2 Å². The molecule has 5 heteroatoms. The van der Waals surface area contributed by atoms with Crippen LogP contribution in [0.4, 0.5) is 0 Å². The molecule has 2 nitrogen and oxygen atoms in total. The lowest BCUT2D eigenvalue weighted by atomic mass is 10.1. The molecule has 0 spiro atoms. The van der Waals surface area contributed by atoms with E-state index in [1.165, 1.54) is 11.3 Å². The molecule has 2 rings (SSSR count). The van der Waals surface area contributed by atoms with Crippen LogP contribution in [-0.4, -0.2) is 11.7 Å². The Bertz CT molecular complexity index is 483. The van der Waals surface area contributed by atoms with Crippen molar-refractivity contribution in [3.05, 3.63) is 55.6 Å². The Hall–Kier alpha value is -0.390. The van der Waals surface area contributed by atoms with Gasteiger partial charge in [-0.1, -0.05) is 41.9 Å². The molecule has 0 aliphatic heterocycles. The maximum Gasteiger partial charge on any atom is 0.107 e. The smallest absolute Gasteiger partial charge is 0.107 e. The molecule has 0 aliphatic carbocycles. The van der Waals surface area contributed by atoms with Gasteiger partial charge in [-0.05, 0) is 27.6 Å². The van der Waals surface area contributed by atoms with Crippen LogP contribution in [0.25, 0.3) is 0 Å². The third kappa shape index (κ3) is 3.56. The molecule has 0 bridgehead atoms. The largest absolute Gasteiger partial charge is 0.394 e. The summed E-state index contributed by atoms with van der Waals surface area (Å²) in [6.45, 7) is 0.764. The lowest BCUT2D eigenvalue weighted by molar-refractivity contribution is 0.244. The Labute approximate surface area is 124 Å². The summed E-state index contributed by atoms with van der Waals surface area (Å²) in [5, 5.41) is 12.7. The summed E-state index contributed by atoms with van der Waals surface area (Å²) in [4.78, 5) is 1.14. The minimum absolute atomic E-state index is 0.0501. The third-order valence-corrected chi connectivity index (χ3v) is 5.08. The molecule has 2 aromatic rings. The minimum Gasteiger partial charge on any atom is -0.394 e. The van der Waals surface area contributed by atoms with Gasteiger partial charge in [-0.2, -0.15) is 0 Å². The second-order valence-corrected chi connectivity index (χ2v) is 6.45. The van der Waals surface area contributed by atoms with Crippen LogP contribution in [-0.2, 0) is 6.54 Å². The van der Waals surface area contributed by atoms with Gasteiger partial charge in [-0.25, -0.2) is 0 Å². The first-order chi connectivity index (χ1) is 8.70. The number of hydrogen-bond donors (Lipinski definition) is 2. The van der Waals surface area contributed by atoms with E-state index in [2.05, 4.69) is 21.2 Å². The van der Waals surface area contributed by atoms with E-state index >= 15 is 0 Å². The molecular weight excluding hydrogens is 334 g/mol. The van der Waals surface area contributed by atoms with Crippen molar-refractivity contribution in [1.82, 2.24) is 5.32 Å². The summed E-state index contributed by atoms with van der Waals surface area (Å²) in [6.07, 6.45) is 0. The van der Waals surface area contributed by atoms with E-state index in [0.29, 0.717) is 6.54 Å². The van der Waals surface area contributed by atoms with Crippen molar-refractivity contribution < 1.29 is 5.11 Å². The normalized spacial score (nSPS) is 12.6. The number of thiophene rings is 1. The molecule has 1 heterocycles. The van der Waals surface area contributed by atoms with Crippen LogP contribution in [0.2, 0.25) is 4.34 Å². The first-order valence-corrected chi connectivity index (χ1v) is 7.52. The topological polar surface area (TPSA) is 32.3 Å². The molecule has 0 aliphatic rings. The number of halogens is 2. The van der Waals surface area contributed by atoms with Crippen molar-refractivity contribution in [3.63, 3.8) is 0 Å². The van der Waals surface area contributed by atoms with E-state index < -0.39 is 0 Å². The van der Waals surface area contributed by atoms with Gasteiger partial charge in [0.05, 0.1) is 12.6 Å². The zero-order valence-corrected chi connectivity index (χ0v) is 12.7. The van der Waals surface area contributed by atoms with Crippen LogP contribution in [0.5, 0.6) is 0 Å². The van der Waals surface area contributed by atoms with E-state index in [-0.39, 0.29) is 12.6 Å². The fraction of sp³-hybridized carbons (Fsp3) is 0.231.